The van der Waals surface area contributed by atoms with Crippen molar-refractivity contribution in [2.75, 3.05) is 25.5 Å². The van der Waals surface area contributed by atoms with Gasteiger partial charge in [0.25, 0.3) is 0 Å². The van der Waals surface area contributed by atoms with E-state index in [1.54, 1.807) is 36.2 Å². The molecule has 1 N–H and O–H groups in total. The van der Waals surface area contributed by atoms with Crippen LogP contribution in [0.5, 0.6) is 0 Å². The summed E-state index contributed by atoms with van der Waals surface area (Å²) in [4.78, 5) is 22.9. The quantitative estimate of drug-likeness (QED) is 0.386. The van der Waals surface area contributed by atoms with E-state index in [2.05, 4.69) is 15.4 Å². The molecule has 0 bridgehead atoms. The van der Waals surface area contributed by atoms with Gasteiger partial charge >= 0.3 is 6.03 Å². The molecule has 26 heavy (non-hydrogen) atoms. The molecule has 9 nitrogen and oxygen atoms in total. The minimum Gasteiger partial charge on any atom is -0.569 e. The van der Waals surface area contributed by atoms with Crippen LogP contribution in [0, 0.1) is 11.8 Å². The van der Waals surface area contributed by atoms with E-state index in [0.717, 1.165) is 0 Å². The zero-order valence-electron chi connectivity index (χ0n) is 15.5. The number of nitrogens with one attached hydrogen (secondary N) is 1. The van der Waals surface area contributed by atoms with Crippen molar-refractivity contribution in [3.8, 4) is 0 Å². The summed E-state index contributed by atoms with van der Waals surface area (Å²) in [7, 11) is 1.63. The third-order valence-electron chi connectivity index (χ3n) is 4.15. The van der Waals surface area contributed by atoms with Gasteiger partial charge in [-0.1, -0.05) is 12.1 Å². The lowest BCUT2D eigenvalue weighted by Crippen LogP contribution is -2.42. The van der Waals surface area contributed by atoms with Crippen molar-refractivity contribution in [2.45, 2.75) is 38.8 Å². The van der Waals surface area contributed by atoms with Gasteiger partial charge in [-0.2, -0.15) is 0 Å². The number of hydrogen-bond acceptors (Lipinski definition) is 4. The number of carbonyl (C=O) groups excluding carboxylic acids is 1. The molecular formula is C17H24N6O3. The second kappa shape index (κ2) is 7.91. The van der Waals surface area contributed by atoms with E-state index in [1.807, 2.05) is 20.8 Å². The van der Waals surface area contributed by atoms with Gasteiger partial charge in [0.05, 0.1) is 30.7 Å². The highest BCUT2D eigenvalue weighted by Crippen LogP contribution is 2.20. The molecule has 0 spiro atoms. The molecule has 0 aliphatic carbocycles. The van der Waals surface area contributed by atoms with E-state index < -0.39 is 0 Å². The molecule has 0 saturated carbocycles. The highest BCUT2D eigenvalue weighted by atomic mass is 16.7. The van der Waals surface area contributed by atoms with Crippen LogP contribution in [-0.4, -0.2) is 52.7 Å². The molecule has 1 aromatic rings. The van der Waals surface area contributed by atoms with Gasteiger partial charge in [-0.05, 0) is 32.9 Å². The van der Waals surface area contributed by atoms with Crippen LogP contribution in [0.15, 0.2) is 29.5 Å². The lowest BCUT2D eigenvalue weighted by atomic mass is 10.1. The first-order valence-corrected chi connectivity index (χ1v) is 8.32. The van der Waals surface area contributed by atoms with Crippen LogP contribution in [0.1, 0.15) is 27.2 Å². The van der Waals surface area contributed by atoms with Crippen LogP contribution < -0.4 is 5.32 Å². The van der Waals surface area contributed by atoms with E-state index in [1.165, 1.54) is 5.01 Å². The Morgan fingerprint density at radius 1 is 1.54 bits per heavy atom. The van der Waals surface area contributed by atoms with Crippen molar-refractivity contribution in [1.29, 1.82) is 0 Å². The SMILES string of the molecule is [C-]#[N+]c1cccc(NC(=O)N2CC[C@@H](O/N=[N+](/[O-])N(C)C(C)(C)C)C2)c1. The lowest BCUT2D eigenvalue weighted by Gasteiger charge is -2.26. The van der Waals surface area contributed by atoms with Gasteiger partial charge in [0.2, 0.25) is 5.28 Å². The third-order valence-corrected chi connectivity index (χ3v) is 4.15. The normalized spacial score (nSPS) is 17.6. The summed E-state index contributed by atoms with van der Waals surface area (Å²) in [6.45, 7) is 13.5. The van der Waals surface area contributed by atoms with Crippen LogP contribution in [0.2, 0.25) is 0 Å². The maximum Gasteiger partial charge on any atom is 0.321 e. The van der Waals surface area contributed by atoms with Crippen molar-refractivity contribution < 1.29 is 14.6 Å². The van der Waals surface area contributed by atoms with Crippen molar-refractivity contribution >= 4 is 17.4 Å². The van der Waals surface area contributed by atoms with E-state index in [-0.39, 0.29) is 17.7 Å². The highest BCUT2D eigenvalue weighted by Gasteiger charge is 2.30. The number of anilines is 1. The van der Waals surface area contributed by atoms with Crippen molar-refractivity contribution in [2.24, 2.45) is 5.28 Å². The molecular weight excluding hydrogens is 336 g/mol. The fraction of sp³-hybridized carbons (Fsp3) is 0.529. The highest BCUT2D eigenvalue weighted by molar-refractivity contribution is 5.90. The first-order chi connectivity index (χ1) is 12.2. The number of rotatable bonds is 4. The van der Waals surface area contributed by atoms with Gasteiger partial charge in [0, 0.05) is 18.7 Å². The summed E-state index contributed by atoms with van der Waals surface area (Å²) in [5.41, 5.74) is 0.647. The molecule has 140 valence electrons. The summed E-state index contributed by atoms with van der Waals surface area (Å²) in [5, 5.41) is 19.7. The Morgan fingerprint density at radius 3 is 2.92 bits per heavy atom. The molecule has 0 unspecified atom stereocenters. The number of nitrogens with zero attached hydrogens (tertiary/aromatic N) is 5. The molecule has 1 atom stereocenters. The second-order valence-corrected chi connectivity index (χ2v) is 7.08. The summed E-state index contributed by atoms with van der Waals surface area (Å²) in [6, 6.07) is 6.45. The Bertz CT molecular complexity index is 722. The molecule has 1 fully saturated rings. The molecule has 1 aromatic carbocycles. The number of amides is 2. The third kappa shape index (κ3) is 4.99. The Kier molecular flexibility index (Phi) is 5.87. The van der Waals surface area contributed by atoms with E-state index in [4.69, 9.17) is 11.4 Å². The Labute approximate surface area is 153 Å². The van der Waals surface area contributed by atoms with Crippen LogP contribution in [0.3, 0.4) is 0 Å². The molecule has 2 amide bonds. The van der Waals surface area contributed by atoms with E-state index >= 15 is 0 Å². The van der Waals surface area contributed by atoms with Gasteiger partial charge in [0.1, 0.15) is 0 Å². The first-order valence-electron chi connectivity index (χ1n) is 8.32. The van der Waals surface area contributed by atoms with Gasteiger partial charge in [-0.25, -0.2) is 9.64 Å². The van der Waals surface area contributed by atoms with Crippen molar-refractivity contribution in [1.82, 2.24) is 9.91 Å². The summed E-state index contributed by atoms with van der Waals surface area (Å²) in [6.07, 6.45) is 0.256. The summed E-state index contributed by atoms with van der Waals surface area (Å²) < 4.78 is 0. The van der Waals surface area contributed by atoms with Crippen LogP contribution in [0.4, 0.5) is 16.2 Å². The Hall–Kier alpha value is -3.02. The summed E-state index contributed by atoms with van der Waals surface area (Å²) >= 11 is 0. The van der Waals surface area contributed by atoms with Crippen molar-refractivity contribution in [3.63, 3.8) is 0 Å². The standard InChI is InChI=1S/C17H24N6O3/c1-17(2,3)21(5)23(25)20-26-15-9-10-22(12-15)16(24)19-14-8-6-7-13(11-14)18-4/h6-8,11,15H,9-10,12H2,1-3,5H3,(H,19,24)/b23-20+/t15-/m1/s1. The summed E-state index contributed by atoms with van der Waals surface area (Å²) in [5.74, 6) is 0. The maximum absolute atomic E-state index is 12.3. The largest absolute Gasteiger partial charge is 0.569 e. The monoisotopic (exact) mass is 360 g/mol. The minimum atomic E-state index is -0.379. The van der Waals surface area contributed by atoms with Crippen molar-refractivity contribution in [3.05, 3.63) is 40.9 Å². The van der Waals surface area contributed by atoms with Crippen LogP contribution in [0.25, 0.3) is 4.85 Å². The molecule has 9 heteroatoms. The molecule has 1 aliphatic heterocycles. The number of likely N-dealkylation sites (tertiary alicyclic amines) is 1. The van der Waals surface area contributed by atoms with Gasteiger partial charge in [0.15, 0.2) is 11.8 Å². The molecule has 1 heterocycles. The van der Waals surface area contributed by atoms with Gasteiger partial charge < -0.3 is 20.3 Å². The molecule has 0 aromatic heterocycles. The number of hydrazine groups is 1. The Morgan fingerprint density at radius 2 is 2.27 bits per heavy atom. The van der Waals surface area contributed by atoms with E-state index in [9.17, 15) is 10.0 Å². The predicted octanol–water partition coefficient (Wildman–Crippen LogP) is 3.38. The zero-order valence-corrected chi connectivity index (χ0v) is 15.5. The molecule has 1 saturated heterocycles. The van der Waals surface area contributed by atoms with E-state index in [0.29, 0.717) is 35.9 Å². The minimum absolute atomic E-state index is 0.274. The smallest absolute Gasteiger partial charge is 0.321 e. The first kappa shape index (κ1) is 19.3. The van der Waals surface area contributed by atoms with Crippen LogP contribution >= 0.6 is 0 Å². The maximum atomic E-state index is 12.3. The number of hydrogen-bond donors (Lipinski definition) is 1. The van der Waals surface area contributed by atoms with Crippen LogP contribution in [-0.2, 0) is 4.84 Å². The number of benzene rings is 1. The topological polar surface area (TPSA) is 87.6 Å². The Balaban J connectivity index is 1.88. The predicted molar refractivity (Wildman–Crippen MR) is 96.4 cm³/mol. The molecule has 0 radical (unpaired) electrons. The average Bonchev–Trinajstić information content (AvgIpc) is 3.07. The zero-order chi connectivity index (χ0) is 19.3. The van der Waals surface area contributed by atoms with Gasteiger partial charge in [-0.15, -0.1) is 5.01 Å². The fourth-order valence-corrected chi connectivity index (χ4v) is 2.27. The number of urea groups is 1. The second-order valence-electron chi connectivity index (χ2n) is 7.08. The molecule has 2 rings (SSSR count). The van der Waals surface area contributed by atoms with Gasteiger partial charge in [-0.3, -0.25) is 0 Å². The fourth-order valence-electron chi connectivity index (χ4n) is 2.27. The average molecular weight is 360 g/mol. The number of carbonyl (C=O) groups is 1. The molecule has 1 aliphatic rings. The lowest BCUT2D eigenvalue weighted by molar-refractivity contribution is -0.720.